The van der Waals surface area contributed by atoms with E-state index in [1.165, 1.54) is 23.9 Å². The van der Waals surface area contributed by atoms with Gasteiger partial charge >= 0.3 is 0 Å². The van der Waals surface area contributed by atoms with Crippen molar-refractivity contribution in [2.75, 3.05) is 11.1 Å². The number of amides is 1. The highest BCUT2D eigenvalue weighted by Gasteiger charge is 2.19. The third kappa shape index (κ3) is 3.75. The van der Waals surface area contributed by atoms with Crippen LogP contribution in [0.3, 0.4) is 0 Å². The van der Waals surface area contributed by atoms with Crippen molar-refractivity contribution in [1.82, 2.24) is 4.98 Å². The zero-order valence-electron chi connectivity index (χ0n) is 11.9. The molecular weight excluding hydrogens is 293 g/mol. The summed E-state index contributed by atoms with van der Waals surface area (Å²) in [5, 5.41) is 2.68. The van der Waals surface area contributed by atoms with Crippen LogP contribution in [0.1, 0.15) is 18.4 Å². The highest BCUT2D eigenvalue weighted by molar-refractivity contribution is 8.00. The topological polar surface area (TPSA) is 81.2 Å². The van der Waals surface area contributed by atoms with Gasteiger partial charge in [0.15, 0.2) is 0 Å². The lowest BCUT2D eigenvalue weighted by Crippen LogP contribution is -2.23. The number of aromatic nitrogens is 1. The van der Waals surface area contributed by atoms with Crippen molar-refractivity contribution >= 4 is 29.0 Å². The van der Waals surface area contributed by atoms with Gasteiger partial charge in [0.2, 0.25) is 5.91 Å². The van der Waals surface area contributed by atoms with Crippen LogP contribution in [0.4, 0.5) is 15.8 Å². The van der Waals surface area contributed by atoms with Crippen molar-refractivity contribution in [3.63, 3.8) is 0 Å². The number of carbonyl (C=O) groups excluding carboxylic acids is 1. The number of halogens is 1. The van der Waals surface area contributed by atoms with E-state index >= 15 is 0 Å². The van der Waals surface area contributed by atoms with E-state index in [9.17, 15) is 9.18 Å². The maximum atomic E-state index is 13.0. The summed E-state index contributed by atoms with van der Waals surface area (Å²) in [5.74, 6) is 0.0263. The van der Waals surface area contributed by atoms with E-state index in [1.54, 1.807) is 6.92 Å². The lowest BCUT2D eigenvalue weighted by molar-refractivity contribution is -0.115. The standard InChI is InChI=1S/C14H16FN3O2S/c1-7-8(2)20-14(17-7)21-9(3)13(19)18-12-5-4-10(15)6-11(12)16/h4-6,9H,16H2,1-3H3,(H,18,19). The molecule has 3 N–H and O–H groups in total. The van der Waals surface area contributed by atoms with Gasteiger partial charge in [-0.3, -0.25) is 4.79 Å². The number of aryl methyl sites for hydroxylation is 2. The molecule has 112 valence electrons. The van der Waals surface area contributed by atoms with Crippen LogP contribution in [0.25, 0.3) is 0 Å². The summed E-state index contributed by atoms with van der Waals surface area (Å²) in [6.07, 6.45) is 0. The molecular formula is C14H16FN3O2S. The number of benzene rings is 1. The first-order valence-electron chi connectivity index (χ1n) is 6.33. The molecule has 7 heteroatoms. The van der Waals surface area contributed by atoms with Crippen LogP contribution < -0.4 is 11.1 Å². The van der Waals surface area contributed by atoms with Crippen LogP contribution in [0, 0.1) is 19.7 Å². The second kappa shape index (κ2) is 6.17. The van der Waals surface area contributed by atoms with E-state index in [2.05, 4.69) is 10.3 Å². The fourth-order valence-corrected chi connectivity index (χ4v) is 2.41. The van der Waals surface area contributed by atoms with E-state index < -0.39 is 11.1 Å². The van der Waals surface area contributed by atoms with E-state index in [0.29, 0.717) is 10.9 Å². The summed E-state index contributed by atoms with van der Waals surface area (Å²) in [5.41, 5.74) is 7.02. The van der Waals surface area contributed by atoms with Crippen LogP contribution in [-0.4, -0.2) is 16.1 Å². The van der Waals surface area contributed by atoms with Crippen LogP contribution in [0.5, 0.6) is 0 Å². The van der Waals surface area contributed by atoms with Crippen molar-refractivity contribution in [2.24, 2.45) is 0 Å². The van der Waals surface area contributed by atoms with Crippen LogP contribution in [0.15, 0.2) is 27.8 Å². The van der Waals surface area contributed by atoms with Gasteiger partial charge in [-0.05, 0) is 39.0 Å². The van der Waals surface area contributed by atoms with Gasteiger partial charge in [-0.2, -0.15) is 0 Å². The van der Waals surface area contributed by atoms with Crippen LogP contribution in [-0.2, 0) is 4.79 Å². The van der Waals surface area contributed by atoms with Crippen molar-refractivity contribution < 1.29 is 13.6 Å². The predicted molar refractivity (Wildman–Crippen MR) is 80.7 cm³/mol. The number of rotatable bonds is 4. The number of carbonyl (C=O) groups is 1. The molecule has 2 aromatic rings. The molecule has 0 fully saturated rings. The van der Waals surface area contributed by atoms with Crippen LogP contribution >= 0.6 is 11.8 Å². The second-order valence-corrected chi connectivity index (χ2v) is 5.89. The Morgan fingerprint density at radius 1 is 1.48 bits per heavy atom. The summed E-state index contributed by atoms with van der Waals surface area (Å²) in [7, 11) is 0. The molecule has 1 atom stereocenters. The highest BCUT2D eigenvalue weighted by atomic mass is 32.2. The van der Waals surface area contributed by atoms with Crippen molar-refractivity contribution in [1.29, 1.82) is 0 Å². The van der Waals surface area contributed by atoms with Gasteiger partial charge in [-0.25, -0.2) is 9.37 Å². The largest absolute Gasteiger partial charge is 0.437 e. The monoisotopic (exact) mass is 309 g/mol. The van der Waals surface area contributed by atoms with Gasteiger partial charge in [0.05, 0.1) is 22.3 Å². The molecule has 21 heavy (non-hydrogen) atoms. The summed E-state index contributed by atoms with van der Waals surface area (Å²) < 4.78 is 18.4. The quantitative estimate of drug-likeness (QED) is 0.670. The third-order valence-corrected chi connectivity index (χ3v) is 3.87. The Bertz CT molecular complexity index is 653. The Labute approximate surface area is 126 Å². The smallest absolute Gasteiger partial charge is 0.256 e. The number of hydrogen-bond donors (Lipinski definition) is 2. The van der Waals surface area contributed by atoms with E-state index in [0.717, 1.165) is 17.5 Å². The maximum absolute atomic E-state index is 13.0. The molecule has 5 nitrogen and oxygen atoms in total. The zero-order chi connectivity index (χ0) is 15.6. The highest BCUT2D eigenvalue weighted by Crippen LogP contribution is 2.26. The molecule has 0 spiro atoms. The Hall–Kier alpha value is -2.02. The molecule has 0 aliphatic heterocycles. The number of oxazole rings is 1. The molecule has 0 aliphatic carbocycles. The molecule has 0 saturated heterocycles. The first-order chi connectivity index (χ1) is 9.86. The third-order valence-electron chi connectivity index (χ3n) is 2.93. The van der Waals surface area contributed by atoms with E-state index in [-0.39, 0.29) is 11.6 Å². The number of nitrogens with zero attached hydrogens (tertiary/aromatic N) is 1. The fraction of sp³-hybridized carbons (Fsp3) is 0.286. The van der Waals surface area contributed by atoms with Gasteiger partial charge in [0.1, 0.15) is 11.6 Å². The number of nitrogen functional groups attached to an aromatic ring is 1. The molecule has 1 unspecified atom stereocenters. The summed E-state index contributed by atoms with van der Waals surface area (Å²) in [6, 6.07) is 3.83. The predicted octanol–water partition coefficient (Wildman–Crippen LogP) is 3.13. The average Bonchev–Trinajstić information content (AvgIpc) is 2.71. The average molecular weight is 309 g/mol. The Kier molecular flexibility index (Phi) is 4.52. The normalized spacial score (nSPS) is 12.2. The molecule has 0 bridgehead atoms. The minimum atomic E-state index is -0.446. The van der Waals surface area contributed by atoms with Crippen molar-refractivity contribution in [3.05, 3.63) is 35.5 Å². The molecule has 0 radical (unpaired) electrons. The molecule has 1 amide bonds. The molecule has 1 aromatic carbocycles. The van der Waals surface area contributed by atoms with E-state index in [1.807, 2.05) is 13.8 Å². The Morgan fingerprint density at radius 2 is 2.19 bits per heavy atom. The van der Waals surface area contributed by atoms with Gasteiger partial charge in [0.25, 0.3) is 5.22 Å². The second-order valence-electron chi connectivity index (χ2n) is 4.60. The molecule has 1 aromatic heterocycles. The number of nitrogens with two attached hydrogens (primary N) is 1. The summed E-state index contributed by atoms with van der Waals surface area (Å²) in [6.45, 7) is 5.39. The van der Waals surface area contributed by atoms with Gasteiger partial charge in [0, 0.05) is 0 Å². The SMILES string of the molecule is Cc1nc(SC(C)C(=O)Nc2ccc(F)cc2N)oc1C. The van der Waals surface area contributed by atoms with E-state index in [4.69, 9.17) is 10.2 Å². The van der Waals surface area contributed by atoms with Crippen molar-refractivity contribution in [2.45, 2.75) is 31.2 Å². The summed E-state index contributed by atoms with van der Waals surface area (Å²) in [4.78, 5) is 16.3. The molecule has 2 rings (SSSR count). The first kappa shape index (κ1) is 15.4. The lowest BCUT2D eigenvalue weighted by Gasteiger charge is -2.11. The number of hydrogen-bond acceptors (Lipinski definition) is 5. The number of anilines is 2. The zero-order valence-corrected chi connectivity index (χ0v) is 12.8. The maximum Gasteiger partial charge on any atom is 0.256 e. The van der Waals surface area contributed by atoms with Gasteiger partial charge < -0.3 is 15.5 Å². The van der Waals surface area contributed by atoms with Crippen molar-refractivity contribution in [3.8, 4) is 0 Å². The lowest BCUT2D eigenvalue weighted by atomic mass is 10.2. The molecule has 1 heterocycles. The Balaban J connectivity index is 2.02. The Morgan fingerprint density at radius 3 is 2.76 bits per heavy atom. The fourth-order valence-electron chi connectivity index (χ4n) is 1.58. The molecule has 0 aliphatic rings. The summed E-state index contributed by atoms with van der Waals surface area (Å²) >= 11 is 1.21. The number of thioether (sulfide) groups is 1. The first-order valence-corrected chi connectivity index (χ1v) is 7.21. The van der Waals surface area contributed by atoms with Gasteiger partial charge in [-0.15, -0.1) is 0 Å². The minimum Gasteiger partial charge on any atom is -0.437 e. The molecule has 0 saturated carbocycles. The number of nitrogens with one attached hydrogen (secondary N) is 1. The van der Waals surface area contributed by atoms with Gasteiger partial charge in [-0.1, -0.05) is 11.8 Å². The minimum absolute atomic E-state index is 0.184. The van der Waals surface area contributed by atoms with Crippen LogP contribution in [0.2, 0.25) is 0 Å².